The van der Waals surface area contributed by atoms with Crippen molar-refractivity contribution in [3.8, 4) is 0 Å². The smallest absolute Gasteiger partial charge is 0.329 e. The second-order valence-electron chi connectivity index (χ2n) is 5.80. The molecule has 2 heterocycles. The lowest BCUT2D eigenvalue weighted by Gasteiger charge is -2.35. The fourth-order valence-corrected chi connectivity index (χ4v) is 3.27. The Morgan fingerprint density at radius 1 is 1.43 bits per heavy atom. The van der Waals surface area contributed by atoms with Crippen LogP contribution < -0.4 is 5.32 Å². The van der Waals surface area contributed by atoms with E-state index in [2.05, 4.69) is 10.3 Å². The summed E-state index contributed by atoms with van der Waals surface area (Å²) in [6.07, 6.45) is 6.28. The fourth-order valence-electron chi connectivity index (χ4n) is 3.27. The minimum Gasteiger partial charge on any atom is -0.480 e. The van der Waals surface area contributed by atoms with E-state index >= 15 is 0 Å². The van der Waals surface area contributed by atoms with Crippen molar-refractivity contribution < 1.29 is 19.4 Å². The minimum atomic E-state index is -1.14. The van der Waals surface area contributed by atoms with E-state index in [-0.39, 0.29) is 5.91 Å². The van der Waals surface area contributed by atoms with Crippen LogP contribution in [0.15, 0.2) is 17.5 Å². The summed E-state index contributed by atoms with van der Waals surface area (Å²) in [6.45, 7) is 1.76. The molecule has 0 spiro atoms. The average molecular weight is 293 g/mol. The van der Waals surface area contributed by atoms with E-state index in [1.54, 1.807) is 18.0 Å². The van der Waals surface area contributed by atoms with Crippen LogP contribution >= 0.6 is 0 Å². The van der Waals surface area contributed by atoms with Gasteiger partial charge in [-0.15, -0.1) is 0 Å². The van der Waals surface area contributed by atoms with Gasteiger partial charge in [-0.05, 0) is 19.8 Å². The second-order valence-corrected chi connectivity index (χ2v) is 5.80. The Hall–Kier alpha value is -2.05. The number of amides is 1. The van der Waals surface area contributed by atoms with Crippen molar-refractivity contribution in [3.63, 3.8) is 0 Å². The second kappa shape index (κ2) is 5.05. The maximum absolute atomic E-state index is 12.6. The molecule has 0 saturated heterocycles. The highest BCUT2D eigenvalue weighted by Gasteiger charge is 2.46. The van der Waals surface area contributed by atoms with Crippen LogP contribution in [0.4, 0.5) is 0 Å². The van der Waals surface area contributed by atoms with Crippen LogP contribution in [-0.4, -0.2) is 45.5 Å². The highest BCUT2D eigenvalue weighted by molar-refractivity contribution is 6.09. The number of carbonyl (C=O) groups excluding carboxylic acids is 1. The molecular formula is C14H19N3O4. The molecule has 0 bridgehead atoms. The van der Waals surface area contributed by atoms with Gasteiger partial charge in [0, 0.05) is 11.9 Å². The average Bonchev–Trinajstić information content (AvgIpc) is 2.98. The number of ether oxygens (including phenoxy) is 1. The van der Waals surface area contributed by atoms with Crippen molar-refractivity contribution in [1.82, 2.24) is 10.2 Å². The number of carboxylic acid groups (broad SMARTS) is 1. The first kappa shape index (κ1) is 13.9. The number of fused-ring (bicyclic) bond motifs is 1. The van der Waals surface area contributed by atoms with Gasteiger partial charge in [0.05, 0.1) is 0 Å². The van der Waals surface area contributed by atoms with Gasteiger partial charge < -0.3 is 20.1 Å². The zero-order valence-corrected chi connectivity index (χ0v) is 11.9. The molecule has 1 aliphatic carbocycles. The van der Waals surface area contributed by atoms with Crippen molar-refractivity contribution in [1.29, 1.82) is 0 Å². The van der Waals surface area contributed by atoms with Gasteiger partial charge >= 0.3 is 5.97 Å². The molecular weight excluding hydrogens is 274 g/mol. The molecule has 3 rings (SSSR count). The fraction of sp³-hybridized carbons (Fsp3) is 0.643. The monoisotopic (exact) mass is 293 g/mol. The van der Waals surface area contributed by atoms with Crippen molar-refractivity contribution in [2.75, 3.05) is 0 Å². The SMILES string of the molecule is CC1=NC2OC=CN2C1C(=O)NC1(C(=O)O)CCCCC1. The Labute approximate surface area is 122 Å². The molecule has 1 amide bonds. The Morgan fingerprint density at radius 3 is 2.81 bits per heavy atom. The molecule has 1 saturated carbocycles. The van der Waals surface area contributed by atoms with Gasteiger partial charge in [0.15, 0.2) is 6.04 Å². The lowest BCUT2D eigenvalue weighted by Crippen LogP contribution is -2.60. The zero-order valence-electron chi connectivity index (χ0n) is 11.9. The Morgan fingerprint density at radius 2 is 2.14 bits per heavy atom. The van der Waals surface area contributed by atoms with Crippen LogP contribution in [0, 0.1) is 0 Å². The number of hydrogen-bond acceptors (Lipinski definition) is 5. The number of hydrogen-bond donors (Lipinski definition) is 2. The molecule has 114 valence electrons. The summed E-state index contributed by atoms with van der Waals surface area (Å²) < 4.78 is 5.25. The summed E-state index contributed by atoms with van der Waals surface area (Å²) in [6, 6.07) is -0.591. The summed E-state index contributed by atoms with van der Waals surface area (Å²) in [5.41, 5.74) is -0.504. The van der Waals surface area contributed by atoms with Crippen molar-refractivity contribution in [3.05, 3.63) is 12.5 Å². The van der Waals surface area contributed by atoms with E-state index in [0.29, 0.717) is 18.6 Å². The van der Waals surface area contributed by atoms with E-state index in [0.717, 1.165) is 19.3 Å². The third kappa shape index (κ3) is 2.26. The topological polar surface area (TPSA) is 91.2 Å². The summed E-state index contributed by atoms with van der Waals surface area (Å²) in [5.74, 6) is -1.27. The molecule has 0 aromatic rings. The number of aliphatic imine (C=N–C) groups is 1. The van der Waals surface area contributed by atoms with Crippen LogP contribution in [0.3, 0.4) is 0 Å². The van der Waals surface area contributed by atoms with Crippen LogP contribution in [0.1, 0.15) is 39.0 Å². The van der Waals surface area contributed by atoms with E-state index in [1.165, 1.54) is 6.26 Å². The van der Waals surface area contributed by atoms with E-state index in [9.17, 15) is 14.7 Å². The number of aliphatic carboxylic acids is 1. The molecule has 7 heteroatoms. The molecule has 2 atom stereocenters. The van der Waals surface area contributed by atoms with Crippen LogP contribution in [-0.2, 0) is 14.3 Å². The third-order valence-electron chi connectivity index (χ3n) is 4.42. The van der Waals surface area contributed by atoms with Crippen molar-refractivity contribution in [2.45, 2.75) is 57.0 Å². The van der Waals surface area contributed by atoms with Crippen LogP contribution in [0.5, 0.6) is 0 Å². The Balaban J connectivity index is 1.77. The number of carboxylic acids is 1. The summed E-state index contributed by atoms with van der Waals surface area (Å²) >= 11 is 0. The van der Waals surface area contributed by atoms with Gasteiger partial charge in [-0.1, -0.05) is 19.3 Å². The summed E-state index contributed by atoms with van der Waals surface area (Å²) in [7, 11) is 0. The molecule has 2 unspecified atom stereocenters. The molecule has 2 N–H and O–H groups in total. The lowest BCUT2D eigenvalue weighted by atomic mass is 9.81. The maximum Gasteiger partial charge on any atom is 0.329 e. The Bertz CT molecular complexity index is 522. The highest BCUT2D eigenvalue weighted by Crippen LogP contribution is 2.30. The first-order chi connectivity index (χ1) is 10.0. The lowest BCUT2D eigenvalue weighted by molar-refractivity contribution is -0.149. The molecule has 0 aromatic carbocycles. The predicted molar refractivity (Wildman–Crippen MR) is 74.3 cm³/mol. The first-order valence-corrected chi connectivity index (χ1v) is 7.23. The van der Waals surface area contributed by atoms with Crippen LogP contribution in [0.25, 0.3) is 0 Å². The van der Waals surface area contributed by atoms with Crippen molar-refractivity contribution in [2.24, 2.45) is 4.99 Å². The van der Waals surface area contributed by atoms with E-state index < -0.39 is 23.9 Å². The molecule has 1 fully saturated rings. The van der Waals surface area contributed by atoms with Crippen molar-refractivity contribution >= 4 is 17.6 Å². The van der Waals surface area contributed by atoms with Gasteiger partial charge in [0.2, 0.25) is 5.91 Å². The Kier molecular flexibility index (Phi) is 3.35. The predicted octanol–water partition coefficient (Wildman–Crippen LogP) is 0.820. The summed E-state index contributed by atoms with van der Waals surface area (Å²) in [5, 5.41) is 12.3. The van der Waals surface area contributed by atoms with Gasteiger partial charge in [-0.2, -0.15) is 0 Å². The zero-order chi connectivity index (χ0) is 15.0. The van der Waals surface area contributed by atoms with Gasteiger partial charge in [-0.25, -0.2) is 9.79 Å². The molecule has 0 aromatic heterocycles. The van der Waals surface area contributed by atoms with Gasteiger partial charge in [0.25, 0.3) is 6.35 Å². The van der Waals surface area contributed by atoms with Crippen LogP contribution in [0.2, 0.25) is 0 Å². The van der Waals surface area contributed by atoms with E-state index in [1.807, 2.05) is 0 Å². The molecule has 0 radical (unpaired) electrons. The third-order valence-corrected chi connectivity index (χ3v) is 4.42. The van der Waals surface area contributed by atoms with Gasteiger partial charge in [0.1, 0.15) is 11.8 Å². The first-order valence-electron chi connectivity index (χ1n) is 7.23. The molecule has 21 heavy (non-hydrogen) atoms. The molecule has 2 aliphatic heterocycles. The number of nitrogens with zero attached hydrogens (tertiary/aromatic N) is 2. The minimum absolute atomic E-state index is 0.321. The molecule has 3 aliphatic rings. The maximum atomic E-state index is 12.6. The number of carbonyl (C=O) groups is 2. The normalized spacial score (nSPS) is 29.6. The largest absolute Gasteiger partial charge is 0.480 e. The van der Waals surface area contributed by atoms with E-state index in [4.69, 9.17) is 4.74 Å². The standard InChI is InChI=1S/C14H19N3O4/c1-9-10(17-7-8-21-13(17)15-9)11(18)16-14(12(19)20)5-3-2-4-6-14/h7-8,10,13H,2-6H2,1H3,(H,16,18)(H,19,20). The summed E-state index contributed by atoms with van der Waals surface area (Å²) in [4.78, 5) is 30.2. The number of nitrogens with one attached hydrogen (secondary N) is 1. The van der Waals surface area contributed by atoms with Gasteiger partial charge in [-0.3, -0.25) is 4.79 Å². The highest BCUT2D eigenvalue weighted by atomic mass is 16.5. The number of rotatable bonds is 3. The molecule has 7 nitrogen and oxygen atoms in total. The quantitative estimate of drug-likeness (QED) is 0.804.